The molecule has 0 aromatic heterocycles. The van der Waals surface area contributed by atoms with Crippen LogP contribution in [-0.4, -0.2) is 11.1 Å². The zero-order valence-electron chi connectivity index (χ0n) is 11.1. The number of halogens is 1. The van der Waals surface area contributed by atoms with Crippen LogP contribution in [0.15, 0.2) is 24.3 Å². The predicted molar refractivity (Wildman–Crippen MR) is 71.4 cm³/mol. The van der Waals surface area contributed by atoms with E-state index in [0.717, 1.165) is 32.1 Å². The molecular formula is C16H20FNO. The summed E-state index contributed by atoms with van der Waals surface area (Å²) >= 11 is 0. The minimum Gasteiger partial charge on any atom is -0.484 e. The molecule has 1 aromatic rings. The van der Waals surface area contributed by atoms with Crippen LogP contribution in [0.25, 0.3) is 0 Å². The summed E-state index contributed by atoms with van der Waals surface area (Å²) in [6, 6.07) is 6.73. The number of ether oxygens (including phenoxy) is 1. The molecule has 4 saturated carbocycles. The highest BCUT2D eigenvalue weighted by atomic mass is 19.1. The van der Waals surface area contributed by atoms with Crippen LogP contribution in [-0.2, 0) is 0 Å². The molecule has 0 aliphatic heterocycles. The van der Waals surface area contributed by atoms with Gasteiger partial charge in [0.15, 0.2) is 11.6 Å². The van der Waals surface area contributed by atoms with Crippen molar-refractivity contribution in [3.63, 3.8) is 0 Å². The van der Waals surface area contributed by atoms with Gasteiger partial charge in [0.2, 0.25) is 0 Å². The maximum Gasteiger partial charge on any atom is 0.165 e. The van der Waals surface area contributed by atoms with Gasteiger partial charge in [0.25, 0.3) is 0 Å². The summed E-state index contributed by atoms with van der Waals surface area (Å²) in [6.07, 6.45) is 6.55. The van der Waals surface area contributed by atoms with Crippen molar-refractivity contribution in [3.05, 3.63) is 30.1 Å². The molecule has 4 bridgehead atoms. The third-order valence-corrected chi connectivity index (χ3v) is 5.22. The Kier molecular flexibility index (Phi) is 2.29. The van der Waals surface area contributed by atoms with Crippen molar-refractivity contribution in [2.75, 3.05) is 0 Å². The van der Waals surface area contributed by atoms with Gasteiger partial charge in [-0.1, -0.05) is 12.1 Å². The zero-order chi connectivity index (χ0) is 13.1. The second-order valence-electron chi connectivity index (χ2n) is 7.04. The Morgan fingerprint density at radius 2 is 1.79 bits per heavy atom. The van der Waals surface area contributed by atoms with Gasteiger partial charge in [-0.05, 0) is 56.1 Å². The average Bonchev–Trinajstić information content (AvgIpc) is 2.28. The molecule has 0 saturated heterocycles. The van der Waals surface area contributed by atoms with Crippen LogP contribution in [0.2, 0.25) is 0 Å². The van der Waals surface area contributed by atoms with E-state index >= 15 is 0 Å². The lowest BCUT2D eigenvalue weighted by atomic mass is 9.51. The molecule has 2 nitrogen and oxygen atoms in total. The van der Waals surface area contributed by atoms with Crippen molar-refractivity contribution in [2.24, 2.45) is 17.6 Å². The summed E-state index contributed by atoms with van der Waals surface area (Å²) < 4.78 is 20.0. The van der Waals surface area contributed by atoms with Gasteiger partial charge in [0.1, 0.15) is 5.60 Å². The van der Waals surface area contributed by atoms with E-state index in [2.05, 4.69) is 0 Å². The van der Waals surface area contributed by atoms with Gasteiger partial charge >= 0.3 is 0 Å². The average molecular weight is 261 g/mol. The summed E-state index contributed by atoms with van der Waals surface area (Å²) in [6.45, 7) is 0. The molecule has 4 aliphatic rings. The van der Waals surface area contributed by atoms with Crippen LogP contribution >= 0.6 is 0 Å². The Morgan fingerprint density at radius 1 is 1.11 bits per heavy atom. The maximum absolute atomic E-state index is 13.8. The minimum absolute atomic E-state index is 0.0602. The largest absolute Gasteiger partial charge is 0.484 e. The number of hydrogen-bond donors (Lipinski definition) is 1. The number of hydrogen-bond acceptors (Lipinski definition) is 2. The van der Waals surface area contributed by atoms with Crippen molar-refractivity contribution in [1.29, 1.82) is 0 Å². The van der Waals surface area contributed by atoms with Crippen molar-refractivity contribution in [1.82, 2.24) is 0 Å². The molecule has 102 valence electrons. The highest BCUT2D eigenvalue weighted by molar-refractivity contribution is 5.26. The molecule has 0 amide bonds. The molecule has 4 aliphatic carbocycles. The van der Waals surface area contributed by atoms with Gasteiger partial charge < -0.3 is 10.5 Å². The molecule has 1 aromatic carbocycles. The van der Waals surface area contributed by atoms with Gasteiger partial charge in [-0.2, -0.15) is 0 Å². The summed E-state index contributed by atoms with van der Waals surface area (Å²) in [4.78, 5) is 0. The fourth-order valence-electron chi connectivity index (χ4n) is 5.13. The molecule has 2 N–H and O–H groups in total. The van der Waals surface area contributed by atoms with Crippen LogP contribution in [0.3, 0.4) is 0 Å². The molecule has 2 atom stereocenters. The van der Waals surface area contributed by atoms with E-state index in [-0.39, 0.29) is 17.0 Å². The molecule has 3 heteroatoms. The third kappa shape index (κ3) is 1.86. The van der Waals surface area contributed by atoms with Crippen LogP contribution in [0, 0.1) is 17.7 Å². The first-order valence-corrected chi connectivity index (χ1v) is 7.28. The molecule has 19 heavy (non-hydrogen) atoms. The summed E-state index contributed by atoms with van der Waals surface area (Å²) in [5.74, 6) is 1.49. The van der Waals surface area contributed by atoms with Gasteiger partial charge in [-0.25, -0.2) is 4.39 Å². The van der Waals surface area contributed by atoms with Crippen LogP contribution < -0.4 is 10.5 Å². The minimum atomic E-state index is -0.260. The fourth-order valence-corrected chi connectivity index (χ4v) is 5.13. The highest BCUT2D eigenvalue weighted by Gasteiger charge is 2.57. The van der Waals surface area contributed by atoms with Crippen LogP contribution in [0.4, 0.5) is 4.39 Å². The van der Waals surface area contributed by atoms with Crippen molar-refractivity contribution in [3.8, 4) is 5.75 Å². The van der Waals surface area contributed by atoms with Crippen molar-refractivity contribution >= 4 is 0 Å². The van der Waals surface area contributed by atoms with Crippen molar-refractivity contribution in [2.45, 2.75) is 49.7 Å². The van der Waals surface area contributed by atoms with Crippen molar-refractivity contribution < 1.29 is 9.13 Å². The summed E-state index contributed by atoms with van der Waals surface area (Å²) in [7, 11) is 0. The lowest BCUT2D eigenvalue weighted by Gasteiger charge is -2.60. The molecule has 0 radical (unpaired) electrons. The standard InChI is InChI=1S/C16H20FNO/c17-13-3-1-2-4-14(13)19-16-8-11-5-12(9-16)7-15(18,6-11)10-16/h1-4,11-12H,5-10,18H2. The van der Waals surface area contributed by atoms with E-state index < -0.39 is 0 Å². The van der Waals surface area contributed by atoms with Gasteiger partial charge in [0, 0.05) is 12.0 Å². The molecule has 0 heterocycles. The van der Waals surface area contributed by atoms with E-state index in [4.69, 9.17) is 10.5 Å². The number of rotatable bonds is 2. The quantitative estimate of drug-likeness (QED) is 0.887. The molecule has 2 unspecified atom stereocenters. The SMILES string of the molecule is NC12CC3CC(C1)CC(Oc1ccccc1F)(C3)C2. The normalized spacial score (nSPS) is 43.5. The first-order chi connectivity index (χ1) is 9.06. The van der Waals surface area contributed by atoms with E-state index in [1.807, 2.05) is 6.07 Å². The Hall–Kier alpha value is -1.09. The maximum atomic E-state index is 13.8. The Morgan fingerprint density at radius 3 is 2.42 bits per heavy atom. The first kappa shape index (κ1) is 11.7. The first-order valence-electron chi connectivity index (χ1n) is 7.28. The second-order valence-corrected chi connectivity index (χ2v) is 7.04. The van der Waals surface area contributed by atoms with E-state index in [0.29, 0.717) is 17.6 Å². The van der Waals surface area contributed by atoms with Gasteiger partial charge in [-0.3, -0.25) is 0 Å². The number of nitrogens with two attached hydrogens (primary N) is 1. The summed E-state index contributed by atoms with van der Waals surface area (Å²) in [5.41, 5.74) is 6.26. The number of para-hydroxylation sites is 1. The number of benzene rings is 1. The van der Waals surface area contributed by atoms with E-state index in [1.165, 1.54) is 12.5 Å². The molecule has 5 rings (SSSR count). The van der Waals surface area contributed by atoms with Crippen LogP contribution in [0.5, 0.6) is 5.75 Å². The zero-order valence-corrected chi connectivity index (χ0v) is 11.1. The highest BCUT2D eigenvalue weighted by Crippen LogP contribution is 2.57. The van der Waals surface area contributed by atoms with E-state index in [1.54, 1.807) is 12.1 Å². The van der Waals surface area contributed by atoms with Gasteiger partial charge in [0.05, 0.1) is 0 Å². The third-order valence-electron chi connectivity index (χ3n) is 5.22. The smallest absolute Gasteiger partial charge is 0.165 e. The monoisotopic (exact) mass is 261 g/mol. The fraction of sp³-hybridized carbons (Fsp3) is 0.625. The Bertz CT molecular complexity index is 501. The lowest BCUT2D eigenvalue weighted by molar-refractivity contribution is -0.118. The Balaban J connectivity index is 1.66. The Labute approximate surface area is 113 Å². The van der Waals surface area contributed by atoms with E-state index in [9.17, 15) is 4.39 Å². The second kappa shape index (κ2) is 3.72. The molecule has 4 fully saturated rings. The topological polar surface area (TPSA) is 35.2 Å². The molecular weight excluding hydrogens is 241 g/mol. The summed E-state index contributed by atoms with van der Waals surface area (Å²) in [5, 5.41) is 0. The van der Waals surface area contributed by atoms with Crippen LogP contribution in [0.1, 0.15) is 38.5 Å². The lowest BCUT2D eigenvalue weighted by Crippen LogP contribution is -2.64. The molecule has 0 spiro atoms. The van der Waals surface area contributed by atoms with Gasteiger partial charge in [-0.15, -0.1) is 0 Å². The predicted octanol–water partition coefficient (Wildman–Crippen LogP) is 3.25.